The van der Waals surface area contributed by atoms with Gasteiger partial charge in [-0.2, -0.15) is 0 Å². The van der Waals surface area contributed by atoms with E-state index in [0.717, 1.165) is 88.3 Å². The molecule has 0 unspecified atom stereocenters. The van der Waals surface area contributed by atoms with Crippen molar-refractivity contribution in [2.24, 2.45) is 0 Å². The fourth-order valence-electron chi connectivity index (χ4n) is 9.47. The van der Waals surface area contributed by atoms with Gasteiger partial charge in [-0.05, 0) is 33.4 Å². The molecule has 2 aliphatic heterocycles. The Morgan fingerprint density at radius 1 is 0.239 bits per heavy atom. The number of H-pyrrole nitrogens is 2. The van der Waals surface area contributed by atoms with E-state index in [0.29, 0.717) is 97.7 Å². The van der Waals surface area contributed by atoms with Crippen LogP contribution >= 0.6 is 0 Å². The van der Waals surface area contributed by atoms with Gasteiger partial charge in [-0.25, -0.2) is 29.9 Å². The first-order valence-corrected chi connectivity index (χ1v) is 24.7. The molecule has 5 heterocycles. The first-order valence-electron chi connectivity index (χ1n) is 24.7. The molecule has 28 heteroatoms. The van der Waals surface area contributed by atoms with Crippen LogP contribution in [0.4, 0.5) is 0 Å². The SMILES string of the molecule is O=[C-]O.O=[C-]O.O=[C-]O.O=[C-]O.O=[C-]O.O=[C-]O.O=[C-]O.O=[C-]O.[Ca+2].[Ca+2].[Ca+2].[Ca+2].c1ccc(-c2c(-c3ccccc3)c(-c3ccccc3)c3c4nc5nc(nc6[nH]c(nc7nc(nc([nH]4)c3c2-c2ccccc2)-c2ccccc2-7)c2ccccc62)-c2ccccc2-5)cc1. The summed E-state index contributed by atoms with van der Waals surface area (Å²) in [5.74, 6) is 2.21. The molecular formula is C64H42Ca4N8O16. The predicted octanol–water partition coefficient (Wildman–Crippen LogP) is 8.91. The van der Waals surface area contributed by atoms with Crippen molar-refractivity contribution in [3.8, 4) is 90.1 Å². The van der Waals surface area contributed by atoms with Gasteiger partial charge >= 0.3 is 151 Å². The van der Waals surface area contributed by atoms with Crippen LogP contribution in [-0.2, 0) is 38.4 Å². The molecule has 0 spiro atoms. The number of rotatable bonds is 4. The Morgan fingerprint density at radius 3 is 0.663 bits per heavy atom. The molecule has 11 aromatic rings. The molecule has 24 nitrogen and oxygen atoms in total. The fourth-order valence-corrected chi connectivity index (χ4v) is 9.47. The normalized spacial score (nSPS) is 9.22. The van der Waals surface area contributed by atoms with Gasteiger partial charge in [-0.15, -0.1) is 0 Å². The van der Waals surface area contributed by atoms with Crippen molar-refractivity contribution in [3.63, 3.8) is 0 Å². The standard InChI is InChI=1S/C56H34N8.8CHO2.4Ca/c1-5-19-33(20-6-1)43-44(34-21-7-2-8-22-34)46(36-25-11-4-12-26-36)48-47(45(43)35-23-9-3-10-24-35)55-62-53-41-31-17-15-29-39(41)51(60-53)58-49-37-27-13-14-28-38(37)50(57-49)59-52-40-30-16-18-32-42(40)54(61-52)63-56(48)64-55;8*2-1-3;;;;/h1-32H,(H2,57,58,59,60,61,62,63,64);8*(H,2,3);;;;/q;8*-1;4*+2. The fraction of sp³-hybridized carbons (Fsp3) is 0. The van der Waals surface area contributed by atoms with E-state index >= 15 is 0 Å². The molecule has 92 heavy (non-hydrogen) atoms. The van der Waals surface area contributed by atoms with E-state index in [2.05, 4.69) is 168 Å². The first kappa shape index (κ1) is 81.9. The Bertz CT molecular complexity index is 4030. The molecule has 0 saturated heterocycles. The molecule has 0 radical (unpaired) electrons. The zero-order chi connectivity index (χ0) is 63.8. The zero-order valence-corrected chi connectivity index (χ0v) is 56.7. The van der Waals surface area contributed by atoms with Crippen LogP contribution < -0.4 is 0 Å². The van der Waals surface area contributed by atoms with E-state index in [9.17, 15) is 0 Å². The second-order valence-electron chi connectivity index (χ2n) is 16.7. The van der Waals surface area contributed by atoms with Gasteiger partial charge in [0, 0.05) is 54.9 Å². The first-order chi connectivity index (χ1) is 43.1. The maximum Gasteiger partial charge on any atom is 2.00 e. The van der Waals surface area contributed by atoms with Crippen LogP contribution in [0, 0.1) is 0 Å². The van der Waals surface area contributed by atoms with Crippen molar-refractivity contribution < 1.29 is 79.2 Å². The number of aromatic nitrogens is 8. The smallest absolute Gasteiger partial charge is 0.665 e. The minimum Gasteiger partial charge on any atom is -0.665 e. The minimum absolute atomic E-state index is 0. The molecule has 0 saturated carbocycles. The topological polar surface area (TPSA) is 407 Å². The Morgan fingerprint density at radius 2 is 0.424 bits per heavy atom. The Kier molecular flexibility index (Phi) is 39.6. The van der Waals surface area contributed by atoms with E-state index in [4.69, 9.17) is 109 Å². The average Bonchev–Trinajstić information content (AvgIpc) is 1.39. The summed E-state index contributed by atoms with van der Waals surface area (Å²) >= 11 is 0. The third kappa shape index (κ3) is 20.7. The van der Waals surface area contributed by atoms with Crippen molar-refractivity contribution in [2.45, 2.75) is 0 Å². The number of aromatic amines is 2. The maximum atomic E-state index is 8.24. The average molecular weight is 1340 g/mol. The monoisotopic (exact) mass is 1340 g/mol. The molecule has 0 aliphatic carbocycles. The summed E-state index contributed by atoms with van der Waals surface area (Å²) in [6.45, 7) is 4.00. The number of hydrogen-bond donors (Lipinski definition) is 10. The van der Waals surface area contributed by atoms with Crippen LogP contribution in [0.3, 0.4) is 0 Å². The van der Waals surface area contributed by atoms with E-state index in [1.54, 1.807) is 0 Å². The Hall–Kier alpha value is -8.08. The third-order valence-electron chi connectivity index (χ3n) is 12.2. The van der Waals surface area contributed by atoms with E-state index in [1.807, 2.05) is 36.4 Å². The number of benzene rings is 8. The van der Waals surface area contributed by atoms with Crippen molar-refractivity contribution in [2.75, 3.05) is 0 Å². The van der Waals surface area contributed by atoms with Gasteiger partial charge in [-0.3, -0.25) is 0 Å². The number of fused-ring (bicyclic) bond motifs is 20. The van der Waals surface area contributed by atoms with Gasteiger partial charge in [0.05, 0.1) is 0 Å². The molecular weight excluding hydrogens is 1300 g/mol. The van der Waals surface area contributed by atoms with Crippen LogP contribution in [0.1, 0.15) is 0 Å². The molecule has 442 valence electrons. The summed E-state index contributed by atoms with van der Waals surface area (Å²) in [5, 5.41) is 57.8. The Balaban J connectivity index is 0.00000133. The number of hydrogen-bond acceptors (Lipinski definition) is 14. The van der Waals surface area contributed by atoms with Gasteiger partial charge in [0.1, 0.15) is 22.6 Å². The second kappa shape index (κ2) is 44.4. The van der Waals surface area contributed by atoms with E-state index in [-0.39, 0.29) is 151 Å². The van der Waals surface area contributed by atoms with Gasteiger partial charge in [0.2, 0.25) is 0 Å². The molecule has 2 aliphatic rings. The molecule has 0 atom stereocenters. The number of aliphatic hydroxyl groups excluding tert-OH is 8. The van der Waals surface area contributed by atoms with Crippen molar-refractivity contribution in [1.82, 2.24) is 39.9 Å². The van der Waals surface area contributed by atoms with Crippen LogP contribution in [0.5, 0.6) is 0 Å². The third-order valence-corrected chi connectivity index (χ3v) is 12.2. The molecule has 8 aromatic carbocycles. The maximum absolute atomic E-state index is 8.24. The largest absolute Gasteiger partial charge is 2.00 e. The zero-order valence-electron chi connectivity index (χ0n) is 47.8. The number of nitrogens with zero attached hydrogens (tertiary/aromatic N) is 6. The van der Waals surface area contributed by atoms with E-state index < -0.39 is 0 Å². The minimum atomic E-state index is 0. The quantitative estimate of drug-likeness (QED) is 0.0580. The van der Waals surface area contributed by atoms with Crippen LogP contribution in [0.15, 0.2) is 194 Å². The molecule has 0 fully saturated rings. The second-order valence-corrected chi connectivity index (χ2v) is 16.7. The summed E-state index contributed by atoms with van der Waals surface area (Å²) in [6.07, 6.45) is 0. The van der Waals surface area contributed by atoms with Gasteiger partial charge in [0.15, 0.2) is 23.3 Å². The van der Waals surface area contributed by atoms with Gasteiger partial charge in [0.25, 0.3) is 0 Å². The van der Waals surface area contributed by atoms with Crippen molar-refractivity contribution in [1.29, 1.82) is 0 Å². The molecule has 10 N–H and O–H groups in total. The van der Waals surface area contributed by atoms with Gasteiger partial charge < -0.3 is 89.2 Å². The summed E-state index contributed by atoms with van der Waals surface area (Å²) in [4.78, 5) is 105. The Labute approximate surface area is 641 Å². The summed E-state index contributed by atoms with van der Waals surface area (Å²) in [5.41, 5.74) is 14.6. The van der Waals surface area contributed by atoms with Crippen LogP contribution in [0.2, 0.25) is 0 Å². The van der Waals surface area contributed by atoms with Gasteiger partial charge in [-0.1, -0.05) is 246 Å². The summed E-state index contributed by atoms with van der Waals surface area (Å²) in [6, 6.07) is 67.1. The van der Waals surface area contributed by atoms with Crippen LogP contribution in [0.25, 0.3) is 134 Å². The molecule has 8 bridgehead atoms. The summed E-state index contributed by atoms with van der Waals surface area (Å²) < 4.78 is 0. The molecule has 13 rings (SSSR count). The van der Waals surface area contributed by atoms with Crippen molar-refractivity contribution in [3.05, 3.63) is 194 Å². The number of nitrogens with one attached hydrogen (secondary N) is 2. The van der Waals surface area contributed by atoms with Crippen molar-refractivity contribution >= 4 is 247 Å². The summed E-state index contributed by atoms with van der Waals surface area (Å²) in [7, 11) is 0. The predicted molar refractivity (Wildman–Crippen MR) is 347 cm³/mol. The van der Waals surface area contributed by atoms with Crippen LogP contribution in [-0.4, -0.2) is 283 Å². The molecule has 3 aromatic heterocycles. The molecule has 0 amide bonds. The van der Waals surface area contributed by atoms with E-state index in [1.165, 1.54) is 0 Å².